The Labute approximate surface area is 118 Å². The van der Waals surface area contributed by atoms with Crippen LogP contribution in [0.15, 0.2) is 23.5 Å². The van der Waals surface area contributed by atoms with Crippen molar-refractivity contribution in [3.8, 4) is 5.88 Å². The molecule has 1 aromatic heterocycles. The summed E-state index contributed by atoms with van der Waals surface area (Å²) in [5, 5.41) is 3.23. The Morgan fingerprint density at radius 2 is 2.20 bits per heavy atom. The predicted molar refractivity (Wildman–Crippen MR) is 75.4 cm³/mol. The molecule has 1 aliphatic heterocycles. The van der Waals surface area contributed by atoms with Crippen molar-refractivity contribution in [1.82, 2.24) is 4.98 Å². The number of ether oxygens (including phenoxy) is 2. The van der Waals surface area contributed by atoms with Gasteiger partial charge in [-0.25, -0.2) is 4.98 Å². The Balaban J connectivity index is 2.25. The number of carbonyl (C=O) groups is 1. The molecule has 0 bridgehead atoms. The summed E-state index contributed by atoms with van der Waals surface area (Å²) in [7, 11) is 1.58. The van der Waals surface area contributed by atoms with E-state index in [9.17, 15) is 4.79 Å². The van der Waals surface area contributed by atoms with Gasteiger partial charge in [0.05, 0.1) is 32.2 Å². The van der Waals surface area contributed by atoms with Crippen molar-refractivity contribution in [2.24, 2.45) is 5.73 Å². The average Bonchev–Trinajstić information content (AvgIpc) is 2.64. The molecule has 0 spiro atoms. The lowest BCUT2D eigenvalue weighted by Crippen LogP contribution is -2.18. The number of nitrogens with one attached hydrogen (secondary N) is 1. The highest BCUT2D eigenvalue weighted by molar-refractivity contribution is 5.93. The van der Waals surface area contributed by atoms with E-state index < -0.39 is 5.91 Å². The summed E-state index contributed by atoms with van der Waals surface area (Å²) in [6.45, 7) is 3.00. The van der Waals surface area contributed by atoms with E-state index in [1.807, 2.05) is 13.0 Å². The van der Waals surface area contributed by atoms with Gasteiger partial charge in [-0.2, -0.15) is 0 Å². The van der Waals surface area contributed by atoms with Crippen LogP contribution in [-0.4, -0.2) is 31.2 Å². The molecule has 3 N–H and O–H groups in total. The van der Waals surface area contributed by atoms with Crippen molar-refractivity contribution in [2.75, 3.05) is 25.6 Å². The fourth-order valence-electron chi connectivity index (χ4n) is 2.18. The molecular formula is C14H19N3O3. The number of anilines is 1. The van der Waals surface area contributed by atoms with E-state index in [4.69, 9.17) is 15.2 Å². The summed E-state index contributed by atoms with van der Waals surface area (Å²) in [4.78, 5) is 15.7. The Morgan fingerprint density at radius 1 is 1.45 bits per heavy atom. The molecule has 6 heteroatoms. The number of carbonyl (C=O) groups excluding carboxylic acids is 1. The number of rotatable bonds is 4. The molecule has 0 aliphatic carbocycles. The van der Waals surface area contributed by atoms with Gasteiger partial charge in [0.2, 0.25) is 11.8 Å². The minimum absolute atomic E-state index is 0.406. The molecule has 0 aromatic carbocycles. The fraction of sp³-hybridized carbons (Fsp3) is 0.429. The van der Waals surface area contributed by atoms with Crippen LogP contribution < -0.4 is 15.8 Å². The molecule has 0 unspecified atom stereocenters. The van der Waals surface area contributed by atoms with Gasteiger partial charge < -0.3 is 20.5 Å². The Bertz CT molecular complexity index is 540. The van der Waals surface area contributed by atoms with Crippen molar-refractivity contribution in [3.63, 3.8) is 0 Å². The van der Waals surface area contributed by atoms with Crippen LogP contribution in [0.1, 0.15) is 18.4 Å². The number of nitrogens with zero attached hydrogens (tertiary/aromatic N) is 1. The van der Waals surface area contributed by atoms with Gasteiger partial charge in [0.25, 0.3) is 0 Å². The summed E-state index contributed by atoms with van der Waals surface area (Å²) >= 11 is 0. The standard InChI is InChI=1S/C14H19N3O3/c1-9-7-10(8-16-14(9)19-2)17-12-4-6-20-5-3-11(12)13(15)18/h7-8,17H,3-6H2,1-2H3,(H2,15,18). The second-order valence-electron chi connectivity index (χ2n) is 4.61. The number of hydrogen-bond acceptors (Lipinski definition) is 5. The molecule has 2 heterocycles. The largest absolute Gasteiger partial charge is 0.481 e. The first-order valence-corrected chi connectivity index (χ1v) is 6.49. The van der Waals surface area contributed by atoms with Gasteiger partial charge in [0, 0.05) is 29.7 Å². The van der Waals surface area contributed by atoms with Gasteiger partial charge in [0.15, 0.2) is 0 Å². The van der Waals surface area contributed by atoms with E-state index in [0.29, 0.717) is 37.5 Å². The predicted octanol–water partition coefficient (Wildman–Crippen LogP) is 1.36. The molecule has 108 valence electrons. The average molecular weight is 277 g/mol. The number of aryl methyl sites for hydroxylation is 1. The number of hydrogen-bond donors (Lipinski definition) is 2. The Morgan fingerprint density at radius 3 is 2.85 bits per heavy atom. The number of pyridine rings is 1. The van der Waals surface area contributed by atoms with Crippen LogP contribution in [0.4, 0.5) is 5.69 Å². The van der Waals surface area contributed by atoms with Gasteiger partial charge in [-0.15, -0.1) is 0 Å². The quantitative estimate of drug-likeness (QED) is 0.867. The van der Waals surface area contributed by atoms with E-state index in [1.165, 1.54) is 0 Å². The summed E-state index contributed by atoms with van der Waals surface area (Å²) in [5.41, 5.74) is 8.55. The first-order valence-electron chi connectivity index (χ1n) is 6.49. The lowest BCUT2D eigenvalue weighted by molar-refractivity contribution is -0.114. The Hall–Kier alpha value is -2.08. The van der Waals surface area contributed by atoms with E-state index in [-0.39, 0.29) is 0 Å². The summed E-state index contributed by atoms with van der Waals surface area (Å²) in [6.07, 6.45) is 2.83. The maximum atomic E-state index is 11.5. The molecule has 0 fully saturated rings. The zero-order valence-corrected chi connectivity index (χ0v) is 11.7. The Kier molecular flexibility index (Phi) is 4.57. The van der Waals surface area contributed by atoms with Crippen LogP contribution in [-0.2, 0) is 9.53 Å². The molecule has 2 rings (SSSR count). The third-order valence-corrected chi connectivity index (χ3v) is 3.17. The minimum atomic E-state index is -0.406. The first kappa shape index (κ1) is 14.3. The van der Waals surface area contributed by atoms with Gasteiger partial charge in [0.1, 0.15) is 0 Å². The SMILES string of the molecule is COc1ncc(NC2=C(C(N)=O)CCOCC2)cc1C. The zero-order chi connectivity index (χ0) is 14.5. The topological polar surface area (TPSA) is 86.5 Å². The normalized spacial score (nSPS) is 15.7. The monoisotopic (exact) mass is 277 g/mol. The van der Waals surface area contributed by atoms with Crippen molar-refractivity contribution in [3.05, 3.63) is 29.1 Å². The molecular weight excluding hydrogens is 258 g/mol. The second-order valence-corrected chi connectivity index (χ2v) is 4.61. The number of amides is 1. The third-order valence-electron chi connectivity index (χ3n) is 3.17. The van der Waals surface area contributed by atoms with E-state index >= 15 is 0 Å². The maximum Gasteiger partial charge on any atom is 0.246 e. The highest BCUT2D eigenvalue weighted by Gasteiger charge is 2.16. The number of nitrogens with two attached hydrogens (primary N) is 1. The lowest BCUT2D eigenvalue weighted by Gasteiger charge is -2.13. The molecule has 1 amide bonds. The number of primary amides is 1. The third kappa shape index (κ3) is 3.27. The van der Waals surface area contributed by atoms with Gasteiger partial charge in [-0.3, -0.25) is 4.79 Å². The van der Waals surface area contributed by atoms with Crippen LogP contribution in [0.25, 0.3) is 0 Å². The second kappa shape index (κ2) is 6.38. The molecule has 0 atom stereocenters. The fourth-order valence-corrected chi connectivity index (χ4v) is 2.18. The van der Waals surface area contributed by atoms with Crippen LogP contribution in [0, 0.1) is 6.92 Å². The molecule has 20 heavy (non-hydrogen) atoms. The number of aromatic nitrogens is 1. The van der Waals surface area contributed by atoms with E-state index in [0.717, 1.165) is 16.9 Å². The summed E-state index contributed by atoms with van der Waals surface area (Å²) in [5.74, 6) is 0.181. The lowest BCUT2D eigenvalue weighted by atomic mass is 10.1. The maximum absolute atomic E-state index is 11.5. The van der Waals surface area contributed by atoms with Crippen molar-refractivity contribution in [1.29, 1.82) is 0 Å². The van der Waals surface area contributed by atoms with Gasteiger partial charge in [-0.1, -0.05) is 0 Å². The number of methoxy groups -OCH3 is 1. The van der Waals surface area contributed by atoms with Crippen molar-refractivity contribution >= 4 is 11.6 Å². The molecule has 1 aromatic rings. The van der Waals surface area contributed by atoms with Crippen LogP contribution in [0.2, 0.25) is 0 Å². The van der Waals surface area contributed by atoms with E-state index in [2.05, 4.69) is 10.3 Å². The van der Waals surface area contributed by atoms with Crippen LogP contribution in [0.3, 0.4) is 0 Å². The van der Waals surface area contributed by atoms with Gasteiger partial charge in [-0.05, 0) is 13.0 Å². The zero-order valence-electron chi connectivity index (χ0n) is 11.7. The molecule has 6 nitrogen and oxygen atoms in total. The van der Waals surface area contributed by atoms with Crippen molar-refractivity contribution < 1.29 is 14.3 Å². The molecule has 1 aliphatic rings. The first-order chi connectivity index (χ1) is 9.61. The van der Waals surface area contributed by atoms with Gasteiger partial charge >= 0.3 is 0 Å². The van der Waals surface area contributed by atoms with Crippen LogP contribution in [0.5, 0.6) is 5.88 Å². The summed E-state index contributed by atoms with van der Waals surface area (Å²) in [6, 6.07) is 1.92. The molecule has 0 saturated carbocycles. The highest BCUT2D eigenvalue weighted by Crippen LogP contribution is 2.23. The molecule has 0 radical (unpaired) electrons. The van der Waals surface area contributed by atoms with Crippen molar-refractivity contribution in [2.45, 2.75) is 19.8 Å². The highest BCUT2D eigenvalue weighted by atomic mass is 16.5. The smallest absolute Gasteiger partial charge is 0.246 e. The van der Waals surface area contributed by atoms with E-state index in [1.54, 1.807) is 13.3 Å². The minimum Gasteiger partial charge on any atom is -0.481 e. The van der Waals surface area contributed by atoms with Crippen LogP contribution >= 0.6 is 0 Å². The molecule has 0 saturated heterocycles. The summed E-state index contributed by atoms with van der Waals surface area (Å²) < 4.78 is 10.5.